The number of hydrogen-bond acceptors (Lipinski definition) is 5. The fraction of sp³-hybridized carbons (Fsp3) is 0.550. The van der Waals surface area contributed by atoms with E-state index in [0.29, 0.717) is 5.75 Å². The molecule has 1 aromatic rings. The van der Waals surface area contributed by atoms with Gasteiger partial charge in [0.2, 0.25) is 0 Å². The van der Waals surface area contributed by atoms with Crippen LogP contribution in [0.25, 0.3) is 0 Å². The highest BCUT2D eigenvalue weighted by molar-refractivity contribution is 5.97. The lowest BCUT2D eigenvalue weighted by molar-refractivity contribution is -0.154. The zero-order valence-electron chi connectivity index (χ0n) is 16.0. The maximum atomic E-state index is 12.0. The molecule has 7 nitrogen and oxygen atoms in total. The number of amides is 3. The molecule has 2 N–H and O–H groups in total. The molecule has 0 bridgehead atoms. The highest BCUT2D eigenvalue weighted by Crippen LogP contribution is 2.17. The van der Waals surface area contributed by atoms with E-state index in [1.165, 1.54) is 13.3 Å². The summed E-state index contributed by atoms with van der Waals surface area (Å²) in [6.07, 6.45) is 4.16. The van der Waals surface area contributed by atoms with Crippen LogP contribution in [0.4, 0.5) is 4.79 Å². The third kappa shape index (κ3) is 7.68. The lowest BCUT2D eigenvalue weighted by atomic mass is 9.96. The molecule has 7 heteroatoms. The standard InChI is InChI=1S/C20H28N2O5/c1-14-8-10-17(11-9-14)26-13-12-18(23)27-15(2)19(24)22-20(25)21-16-6-4-3-5-7-16/h8-11,15-16H,3-7,12-13H2,1-2H3,(H2,21,22,24,25)/t15-/m0/s1. The third-order valence-electron chi connectivity index (χ3n) is 4.45. The molecule has 1 fully saturated rings. The van der Waals surface area contributed by atoms with Crippen LogP contribution < -0.4 is 15.4 Å². The van der Waals surface area contributed by atoms with Gasteiger partial charge in [-0.25, -0.2) is 4.79 Å². The summed E-state index contributed by atoms with van der Waals surface area (Å²) in [7, 11) is 0. The Morgan fingerprint density at radius 1 is 1.11 bits per heavy atom. The minimum absolute atomic E-state index is 0.0137. The lowest BCUT2D eigenvalue weighted by Crippen LogP contribution is -2.48. The number of carbonyl (C=O) groups excluding carboxylic acids is 3. The van der Waals surface area contributed by atoms with Crippen LogP contribution in [0.1, 0.15) is 51.0 Å². The Morgan fingerprint density at radius 2 is 1.78 bits per heavy atom. The van der Waals surface area contributed by atoms with Gasteiger partial charge in [0.05, 0.1) is 13.0 Å². The maximum Gasteiger partial charge on any atom is 0.321 e. The third-order valence-corrected chi connectivity index (χ3v) is 4.45. The van der Waals surface area contributed by atoms with Crippen molar-refractivity contribution in [1.29, 1.82) is 0 Å². The van der Waals surface area contributed by atoms with Gasteiger partial charge in [0.1, 0.15) is 5.75 Å². The second-order valence-corrected chi connectivity index (χ2v) is 6.84. The zero-order chi connectivity index (χ0) is 19.6. The number of hydrogen-bond donors (Lipinski definition) is 2. The monoisotopic (exact) mass is 376 g/mol. The molecule has 0 spiro atoms. The van der Waals surface area contributed by atoms with Crippen LogP contribution in [0.15, 0.2) is 24.3 Å². The molecule has 1 atom stereocenters. The van der Waals surface area contributed by atoms with E-state index in [0.717, 1.165) is 31.2 Å². The lowest BCUT2D eigenvalue weighted by Gasteiger charge is -2.23. The summed E-state index contributed by atoms with van der Waals surface area (Å²) in [6, 6.07) is 7.03. The van der Waals surface area contributed by atoms with Gasteiger partial charge in [-0.05, 0) is 38.8 Å². The van der Waals surface area contributed by atoms with Gasteiger partial charge in [-0.15, -0.1) is 0 Å². The van der Waals surface area contributed by atoms with Crippen molar-refractivity contribution >= 4 is 17.9 Å². The first kappa shape index (κ1) is 20.7. The van der Waals surface area contributed by atoms with Crippen LogP contribution in [0.5, 0.6) is 5.75 Å². The molecule has 2 rings (SSSR count). The molecule has 0 radical (unpaired) electrons. The number of urea groups is 1. The predicted octanol–water partition coefficient (Wildman–Crippen LogP) is 2.85. The average Bonchev–Trinajstić information content (AvgIpc) is 2.64. The van der Waals surface area contributed by atoms with E-state index in [-0.39, 0.29) is 19.1 Å². The number of benzene rings is 1. The Hall–Kier alpha value is -2.57. The maximum absolute atomic E-state index is 12.0. The summed E-state index contributed by atoms with van der Waals surface area (Å²) in [4.78, 5) is 35.7. The van der Waals surface area contributed by atoms with Crippen molar-refractivity contribution in [2.75, 3.05) is 6.61 Å². The molecule has 0 unspecified atom stereocenters. The van der Waals surface area contributed by atoms with Gasteiger partial charge >= 0.3 is 12.0 Å². The van der Waals surface area contributed by atoms with Crippen molar-refractivity contribution in [3.8, 4) is 5.75 Å². The van der Waals surface area contributed by atoms with Crippen LogP contribution >= 0.6 is 0 Å². The highest BCUT2D eigenvalue weighted by atomic mass is 16.5. The molecule has 1 aromatic carbocycles. The second-order valence-electron chi connectivity index (χ2n) is 6.84. The second kappa shape index (κ2) is 10.5. The normalized spacial score (nSPS) is 15.5. The van der Waals surface area contributed by atoms with E-state index in [1.54, 1.807) is 0 Å². The molecular weight excluding hydrogens is 348 g/mol. The van der Waals surface area contributed by atoms with Crippen LogP contribution in [0, 0.1) is 6.92 Å². The van der Waals surface area contributed by atoms with Gasteiger partial charge in [0.25, 0.3) is 5.91 Å². The molecule has 0 saturated heterocycles. The quantitative estimate of drug-likeness (QED) is 0.714. The van der Waals surface area contributed by atoms with E-state index >= 15 is 0 Å². The van der Waals surface area contributed by atoms with E-state index in [1.807, 2.05) is 31.2 Å². The summed E-state index contributed by atoms with van der Waals surface area (Å²) in [5.74, 6) is -0.535. The smallest absolute Gasteiger partial charge is 0.321 e. The molecular formula is C20H28N2O5. The van der Waals surface area contributed by atoms with E-state index in [4.69, 9.17) is 9.47 Å². The molecule has 0 aromatic heterocycles. The van der Waals surface area contributed by atoms with Gasteiger partial charge in [-0.3, -0.25) is 14.9 Å². The molecule has 3 amide bonds. The molecule has 0 heterocycles. The van der Waals surface area contributed by atoms with Gasteiger partial charge < -0.3 is 14.8 Å². The van der Waals surface area contributed by atoms with Gasteiger partial charge in [-0.1, -0.05) is 37.0 Å². The SMILES string of the molecule is Cc1ccc(OCCC(=O)O[C@@H](C)C(=O)NC(=O)NC2CCCCC2)cc1. The topological polar surface area (TPSA) is 93.7 Å². The predicted molar refractivity (Wildman–Crippen MR) is 100 cm³/mol. The number of rotatable bonds is 7. The van der Waals surface area contributed by atoms with Crippen LogP contribution in [0.3, 0.4) is 0 Å². The number of esters is 1. The Labute approximate surface area is 159 Å². The van der Waals surface area contributed by atoms with Gasteiger partial charge in [-0.2, -0.15) is 0 Å². The van der Waals surface area contributed by atoms with Crippen LogP contribution in [-0.2, 0) is 14.3 Å². The first-order valence-electron chi connectivity index (χ1n) is 9.44. The molecule has 1 saturated carbocycles. The Kier molecular flexibility index (Phi) is 8.10. The molecule has 1 aliphatic carbocycles. The summed E-state index contributed by atoms with van der Waals surface area (Å²) in [5, 5.41) is 5.01. The number of aryl methyl sites for hydroxylation is 1. The molecule has 0 aliphatic heterocycles. The Balaban J connectivity index is 1.64. The number of nitrogens with one attached hydrogen (secondary N) is 2. The number of carbonyl (C=O) groups is 3. The van der Waals surface area contributed by atoms with Crippen molar-refractivity contribution in [2.24, 2.45) is 0 Å². The number of ether oxygens (including phenoxy) is 2. The number of imide groups is 1. The van der Waals surface area contributed by atoms with E-state index < -0.39 is 24.0 Å². The summed E-state index contributed by atoms with van der Waals surface area (Å²) < 4.78 is 10.5. The summed E-state index contributed by atoms with van der Waals surface area (Å²) >= 11 is 0. The van der Waals surface area contributed by atoms with Crippen molar-refractivity contribution < 1.29 is 23.9 Å². The first-order valence-corrected chi connectivity index (χ1v) is 9.44. The Bertz CT molecular complexity index is 638. The minimum Gasteiger partial charge on any atom is -0.493 e. The van der Waals surface area contributed by atoms with Crippen molar-refractivity contribution in [1.82, 2.24) is 10.6 Å². The minimum atomic E-state index is -1.05. The van der Waals surface area contributed by atoms with Crippen molar-refractivity contribution in [2.45, 2.75) is 64.5 Å². The first-order chi connectivity index (χ1) is 12.9. The largest absolute Gasteiger partial charge is 0.493 e. The molecule has 148 valence electrons. The van der Waals surface area contributed by atoms with E-state index in [2.05, 4.69) is 10.6 Å². The average molecular weight is 376 g/mol. The van der Waals surface area contributed by atoms with E-state index in [9.17, 15) is 14.4 Å². The zero-order valence-corrected chi connectivity index (χ0v) is 16.0. The van der Waals surface area contributed by atoms with Crippen molar-refractivity contribution in [3.05, 3.63) is 29.8 Å². The van der Waals surface area contributed by atoms with Crippen LogP contribution in [0.2, 0.25) is 0 Å². The summed E-state index contributed by atoms with van der Waals surface area (Å²) in [5.41, 5.74) is 1.12. The Morgan fingerprint density at radius 3 is 2.44 bits per heavy atom. The summed E-state index contributed by atoms with van der Waals surface area (Å²) in [6.45, 7) is 3.56. The molecule has 1 aliphatic rings. The fourth-order valence-corrected chi connectivity index (χ4v) is 2.88. The molecule has 27 heavy (non-hydrogen) atoms. The van der Waals surface area contributed by atoms with Crippen LogP contribution in [-0.4, -0.2) is 36.7 Å². The van der Waals surface area contributed by atoms with Gasteiger partial charge in [0.15, 0.2) is 6.10 Å². The fourth-order valence-electron chi connectivity index (χ4n) is 2.88. The highest BCUT2D eigenvalue weighted by Gasteiger charge is 2.22. The van der Waals surface area contributed by atoms with Crippen molar-refractivity contribution in [3.63, 3.8) is 0 Å². The van der Waals surface area contributed by atoms with Gasteiger partial charge in [0, 0.05) is 6.04 Å².